The molecule has 3 aliphatic rings. The van der Waals surface area contributed by atoms with Crippen LogP contribution in [0.25, 0.3) is 0 Å². The van der Waals surface area contributed by atoms with E-state index in [0.29, 0.717) is 23.9 Å². The molecular formula is C36H42ClF3N4O9. The summed E-state index contributed by atoms with van der Waals surface area (Å²) in [6, 6.07) is 5.87. The van der Waals surface area contributed by atoms with Crippen molar-refractivity contribution < 1.29 is 56.3 Å². The minimum atomic E-state index is -4.66. The molecule has 17 heteroatoms. The van der Waals surface area contributed by atoms with Gasteiger partial charge < -0.3 is 39.4 Å². The van der Waals surface area contributed by atoms with Crippen molar-refractivity contribution in [2.24, 2.45) is 5.92 Å². The maximum atomic E-state index is 14.0. The van der Waals surface area contributed by atoms with Crippen LogP contribution >= 0.6 is 11.6 Å². The Bertz CT molecular complexity index is 1820. The summed E-state index contributed by atoms with van der Waals surface area (Å²) in [7, 11) is 4.33. The smallest absolute Gasteiger partial charge is 0.416 e. The number of halogens is 4. The van der Waals surface area contributed by atoms with Crippen molar-refractivity contribution in [1.82, 2.24) is 5.32 Å². The molecule has 5 N–H and O–H groups in total. The lowest BCUT2D eigenvalue weighted by Gasteiger charge is -2.42. The fourth-order valence-corrected chi connectivity index (χ4v) is 7.04. The van der Waals surface area contributed by atoms with E-state index in [-0.39, 0.29) is 22.8 Å². The van der Waals surface area contributed by atoms with Gasteiger partial charge in [-0.3, -0.25) is 15.4 Å². The van der Waals surface area contributed by atoms with Crippen LogP contribution in [0.2, 0.25) is 5.02 Å². The topological polar surface area (TPSA) is 174 Å². The number of carbonyl (C=O) groups excluding carboxylic acids is 3. The van der Waals surface area contributed by atoms with Gasteiger partial charge in [0.15, 0.2) is 5.72 Å². The molecule has 0 saturated carbocycles. The number of nitrogens with one attached hydrogen (secondary N) is 2. The second kappa shape index (κ2) is 15.1. The molecule has 53 heavy (non-hydrogen) atoms. The Hall–Kier alpha value is -4.51. The number of epoxide rings is 1. The predicted octanol–water partition coefficient (Wildman–Crippen LogP) is 5.97. The normalized spacial score (nSPS) is 30.9. The molecule has 0 radical (unpaired) electrons. The van der Waals surface area contributed by atoms with E-state index in [9.17, 15) is 32.7 Å². The molecule has 0 aromatic heterocycles. The van der Waals surface area contributed by atoms with Crippen LogP contribution in [0.5, 0.6) is 5.75 Å². The number of nitrogen functional groups attached to an aromatic ring is 1. The number of aliphatic hydroxyl groups is 1. The molecule has 2 aromatic carbocycles. The van der Waals surface area contributed by atoms with Crippen LogP contribution in [0.1, 0.15) is 44.7 Å². The number of alkyl carbamates (subject to hydrolysis) is 1. The number of carbonyl (C=O) groups is 3. The molecule has 0 spiro atoms. The van der Waals surface area contributed by atoms with Gasteiger partial charge in [0.05, 0.1) is 42.3 Å². The number of hydrogen-bond donors (Lipinski definition) is 4. The summed E-state index contributed by atoms with van der Waals surface area (Å²) in [5, 5.41) is 16.6. The highest BCUT2D eigenvalue weighted by atomic mass is 35.5. The molecule has 3 aliphatic heterocycles. The molecule has 4 bridgehead atoms. The summed E-state index contributed by atoms with van der Waals surface area (Å²) >= 11 is 6.69. The monoisotopic (exact) mass is 766 g/mol. The van der Waals surface area contributed by atoms with Crippen LogP contribution in [-0.2, 0) is 36.3 Å². The Morgan fingerprint density at radius 2 is 1.92 bits per heavy atom. The van der Waals surface area contributed by atoms with Gasteiger partial charge in [-0.1, -0.05) is 42.3 Å². The molecule has 13 nitrogen and oxygen atoms in total. The molecule has 2 saturated heterocycles. The van der Waals surface area contributed by atoms with Crippen molar-refractivity contribution in [3.8, 4) is 5.75 Å². The third-order valence-electron chi connectivity index (χ3n) is 9.82. The maximum absolute atomic E-state index is 14.0. The number of methoxy groups -OCH3 is 2. The number of anilines is 3. The molecule has 2 fully saturated rings. The average Bonchev–Trinajstić information content (AvgIpc) is 3.78. The minimum Gasteiger partial charge on any atom is -0.495 e. The van der Waals surface area contributed by atoms with Crippen molar-refractivity contribution in [2.45, 2.75) is 82.0 Å². The van der Waals surface area contributed by atoms with Crippen LogP contribution in [0.4, 0.5) is 39.8 Å². The highest BCUT2D eigenvalue weighted by Gasteiger charge is 2.64. The van der Waals surface area contributed by atoms with Gasteiger partial charge in [-0.25, -0.2) is 9.59 Å². The first-order valence-electron chi connectivity index (χ1n) is 16.6. The van der Waals surface area contributed by atoms with E-state index < -0.39 is 77.9 Å². The van der Waals surface area contributed by atoms with Gasteiger partial charge >= 0.3 is 18.4 Å². The van der Waals surface area contributed by atoms with E-state index in [1.807, 2.05) is 13.0 Å². The lowest BCUT2D eigenvalue weighted by atomic mass is 9.83. The highest BCUT2D eigenvalue weighted by molar-refractivity contribution is 6.35. The quantitative estimate of drug-likeness (QED) is 0.214. The number of nitrogens with zero attached hydrogens (tertiary/aromatic N) is 1. The summed E-state index contributed by atoms with van der Waals surface area (Å²) in [4.78, 5) is 41.4. The number of amides is 3. The first-order valence-corrected chi connectivity index (χ1v) is 17.0. The van der Waals surface area contributed by atoms with Crippen LogP contribution in [-0.4, -0.2) is 80.2 Å². The van der Waals surface area contributed by atoms with Crippen molar-refractivity contribution in [1.29, 1.82) is 0 Å². The Balaban J connectivity index is 1.53. The Labute approximate surface area is 309 Å². The maximum Gasteiger partial charge on any atom is 0.416 e. The summed E-state index contributed by atoms with van der Waals surface area (Å²) in [6.45, 7) is 5.21. The van der Waals surface area contributed by atoms with Gasteiger partial charge in [0.1, 0.15) is 34.7 Å². The molecule has 7 atom stereocenters. The largest absolute Gasteiger partial charge is 0.495 e. The number of rotatable bonds is 4. The van der Waals surface area contributed by atoms with Crippen molar-refractivity contribution in [2.75, 3.05) is 37.2 Å². The van der Waals surface area contributed by atoms with Gasteiger partial charge in [0, 0.05) is 26.5 Å². The van der Waals surface area contributed by atoms with Crippen molar-refractivity contribution >= 4 is 46.8 Å². The number of alkyl halides is 3. The van der Waals surface area contributed by atoms with Crippen LogP contribution in [0.15, 0.2) is 54.1 Å². The predicted molar refractivity (Wildman–Crippen MR) is 189 cm³/mol. The molecule has 288 valence electrons. The van der Waals surface area contributed by atoms with Crippen molar-refractivity contribution in [3.63, 3.8) is 0 Å². The number of ether oxygens (including phenoxy) is 5. The molecule has 5 rings (SSSR count). The first-order chi connectivity index (χ1) is 24.8. The van der Waals surface area contributed by atoms with Gasteiger partial charge in [-0.05, 0) is 56.2 Å². The first kappa shape index (κ1) is 39.7. The van der Waals surface area contributed by atoms with Crippen molar-refractivity contribution in [3.05, 3.63) is 70.3 Å². The van der Waals surface area contributed by atoms with E-state index >= 15 is 0 Å². The average molecular weight is 767 g/mol. The van der Waals surface area contributed by atoms with E-state index in [4.69, 9.17) is 41.0 Å². The molecule has 3 amide bonds. The molecule has 0 aliphatic carbocycles. The fraction of sp³-hybridized carbons (Fsp3) is 0.472. The Kier molecular flexibility index (Phi) is 11.3. The van der Waals surface area contributed by atoms with Gasteiger partial charge in [0.2, 0.25) is 5.91 Å². The SMILES string of the molecule is COc1cc2cc(c1Cl)N(C)C(=O)C[C@H](OC(=O)Nc1ccc(C(F)(F)F)cc1N)[C@]1(C)O[C@H]1[C@H](C)[C@@H]1C[C@@](O)(NC(=O)O1)[C@H](OC)/C=C/C=C(\C)C2. The number of benzene rings is 2. The summed E-state index contributed by atoms with van der Waals surface area (Å²) in [5.74, 6) is -0.851. The third-order valence-corrected chi connectivity index (χ3v) is 10.2. The van der Waals surface area contributed by atoms with Crippen LogP contribution in [0.3, 0.4) is 0 Å². The third kappa shape index (κ3) is 8.51. The highest BCUT2D eigenvalue weighted by Crippen LogP contribution is 2.49. The van der Waals surface area contributed by atoms with Gasteiger partial charge in [0.25, 0.3) is 0 Å². The van der Waals surface area contributed by atoms with E-state index in [0.717, 1.165) is 23.3 Å². The standard InChI is InChI=1S/C36H42ClF3N4O9/c1-18-8-7-9-27(50-6)35(48)17-26(51-33(47)43-35)19(2)31-34(3,53-31)28(52-32(46)42-23-11-10-21(15-22(23)41)36(38,39)40)16-29(45)44(4)24-13-20(12-18)14-25(49-5)30(24)37/h7-11,13-15,19,26-28,31,48H,12,16-17,41H2,1-6H3,(H,42,46)(H,43,47)/b9-7+,18-8+/t19-,26+,27-,28+,31+,34+,35+/m1/s1. The number of fused-ring (bicyclic) bond motifs is 5. The van der Waals surface area contributed by atoms with Crippen LogP contribution < -0.4 is 26.0 Å². The Morgan fingerprint density at radius 1 is 1.21 bits per heavy atom. The zero-order valence-electron chi connectivity index (χ0n) is 29.9. The zero-order valence-corrected chi connectivity index (χ0v) is 30.6. The summed E-state index contributed by atoms with van der Waals surface area (Å²) < 4.78 is 68.3. The Morgan fingerprint density at radius 3 is 2.57 bits per heavy atom. The second-order valence-corrected chi connectivity index (χ2v) is 14.0. The fourth-order valence-electron chi connectivity index (χ4n) is 6.73. The second-order valence-electron chi connectivity index (χ2n) is 13.6. The molecule has 3 heterocycles. The lowest BCUT2D eigenvalue weighted by Crippen LogP contribution is -2.63. The van der Waals surface area contributed by atoms with E-state index in [1.54, 1.807) is 38.1 Å². The van der Waals surface area contributed by atoms with Gasteiger partial charge in [-0.15, -0.1) is 0 Å². The molecule has 2 aromatic rings. The van der Waals surface area contributed by atoms with E-state index in [2.05, 4.69) is 10.6 Å². The summed E-state index contributed by atoms with van der Waals surface area (Å²) in [6.07, 6.45) is -5.70. The van der Waals surface area contributed by atoms with E-state index in [1.165, 1.54) is 26.2 Å². The zero-order chi connectivity index (χ0) is 39.0. The molecule has 0 unspecified atom stereocenters. The molecular weight excluding hydrogens is 725 g/mol. The van der Waals surface area contributed by atoms with Crippen LogP contribution in [0, 0.1) is 5.92 Å². The number of hydrogen-bond acceptors (Lipinski definition) is 10. The summed E-state index contributed by atoms with van der Waals surface area (Å²) in [5.41, 5.74) is 2.99. The number of allylic oxidation sites excluding steroid dienone is 3. The lowest BCUT2D eigenvalue weighted by molar-refractivity contribution is -0.142. The van der Waals surface area contributed by atoms with Gasteiger partial charge in [-0.2, -0.15) is 13.2 Å². The minimum absolute atomic E-state index is 0.119. The number of nitrogens with two attached hydrogens (primary N) is 1.